The van der Waals surface area contributed by atoms with Gasteiger partial charge in [0.1, 0.15) is 5.75 Å². The molecule has 1 rings (SSSR count). The number of halogens is 1. The van der Waals surface area contributed by atoms with E-state index in [4.69, 9.17) is 5.11 Å². The van der Waals surface area contributed by atoms with Crippen LogP contribution in [0.5, 0.6) is 5.75 Å². The summed E-state index contributed by atoms with van der Waals surface area (Å²) in [5.74, 6) is -0.952. The highest BCUT2D eigenvalue weighted by molar-refractivity contribution is 5.35. The van der Waals surface area contributed by atoms with Gasteiger partial charge in [0.05, 0.1) is 0 Å². The van der Waals surface area contributed by atoms with Crippen LogP contribution in [0.2, 0.25) is 0 Å². The van der Waals surface area contributed by atoms with Crippen LogP contribution in [-0.2, 0) is 0 Å². The first-order valence-corrected chi connectivity index (χ1v) is 2.60. The van der Waals surface area contributed by atoms with Crippen LogP contribution in [0.15, 0.2) is 18.2 Å². The lowest BCUT2D eigenvalue weighted by Gasteiger charge is -1.88. The lowest BCUT2D eigenvalue weighted by molar-refractivity contribution is -0.382. The van der Waals surface area contributed by atoms with E-state index in [1.54, 1.807) is 0 Å². The monoisotopic (exact) mass is 142 g/mol. The number of hydrogen-bond acceptors (Lipinski definition) is 2. The van der Waals surface area contributed by atoms with Gasteiger partial charge in [-0.3, -0.25) is 0 Å². The molecule has 2 N–H and O–H groups in total. The molecule has 0 aliphatic rings. The molecule has 0 spiro atoms. The van der Waals surface area contributed by atoms with Crippen molar-refractivity contribution >= 4 is 5.69 Å². The Morgan fingerprint density at radius 1 is 1.50 bits per heavy atom. The molecule has 1 aromatic rings. The van der Waals surface area contributed by atoms with E-state index in [1.807, 2.05) is 0 Å². The molecule has 3 nitrogen and oxygen atoms in total. The summed E-state index contributed by atoms with van der Waals surface area (Å²) in [5, 5.41) is 10.0. The molecule has 52 valence electrons. The fourth-order valence-corrected chi connectivity index (χ4v) is 0.587. The van der Waals surface area contributed by atoms with Crippen molar-refractivity contribution < 1.29 is 14.7 Å². The van der Waals surface area contributed by atoms with Crippen LogP contribution < -0.4 is 5.18 Å². The summed E-state index contributed by atoms with van der Waals surface area (Å²) in [5.41, 5.74) is -0.169. The van der Waals surface area contributed by atoms with E-state index in [-0.39, 0.29) is 11.4 Å². The largest absolute Gasteiger partial charge is 0.508 e. The first-order chi connectivity index (χ1) is 4.74. The second-order valence-corrected chi connectivity index (χ2v) is 1.77. The summed E-state index contributed by atoms with van der Waals surface area (Å²) >= 11 is 0. The summed E-state index contributed by atoms with van der Waals surface area (Å²) in [6.45, 7) is 0. The van der Waals surface area contributed by atoms with Crippen LogP contribution in [-0.4, -0.2) is 5.11 Å². The zero-order valence-electron chi connectivity index (χ0n) is 4.97. The highest BCUT2D eigenvalue weighted by atomic mass is 19.1. The maximum absolute atomic E-state index is 12.4. The number of nitroso groups, excluding NO2 is 1. The van der Waals surface area contributed by atoms with E-state index < -0.39 is 5.82 Å². The number of phenols is 1. The van der Waals surface area contributed by atoms with Gasteiger partial charge in [0.15, 0.2) is 0 Å². The molecule has 1 aromatic carbocycles. The number of benzene rings is 1. The minimum atomic E-state index is -0.755. The third-order valence-corrected chi connectivity index (χ3v) is 1.06. The molecule has 0 radical (unpaired) electrons. The number of hydrogen-bond donors (Lipinski definition) is 2. The van der Waals surface area contributed by atoms with E-state index >= 15 is 0 Å². The first-order valence-electron chi connectivity index (χ1n) is 2.60. The average molecular weight is 142 g/mol. The summed E-state index contributed by atoms with van der Waals surface area (Å²) in [7, 11) is 0. The molecule has 4 heteroatoms. The van der Waals surface area contributed by atoms with E-state index in [1.165, 1.54) is 11.2 Å². The highest BCUT2D eigenvalue weighted by Crippen LogP contribution is 2.14. The van der Waals surface area contributed by atoms with Gasteiger partial charge in [-0.25, -0.2) is 0 Å². The second-order valence-electron chi connectivity index (χ2n) is 1.77. The third kappa shape index (κ3) is 1.10. The van der Waals surface area contributed by atoms with Crippen molar-refractivity contribution in [3.05, 3.63) is 28.9 Å². The molecule has 0 fully saturated rings. The Morgan fingerprint density at radius 3 is 2.70 bits per heavy atom. The summed E-state index contributed by atoms with van der Waals surface area (Å²) in [6, 6.07) is 3.25. The SMILES string of the molecule is O=[NH+]c1ccc(O)cc1F. The molecule has 0 aliphatic carbocycles. The number of nitrogens with one attached hydrogen (secondary N) is 1. The molecule has 0 heterocycles. The van der Waals surface area contributed by atoms with E-state index in [2.05, 4.69) is 0 Å². The minimum Gasteiger partial charge on any atom is -0.508 e. The van der Waals surface area contributed by atoms with Crippen molar-refractivity contribution in [1.82, 2.24) is 0 Å². The molecule has 0 amide bonds. The van der Waals surface area contributed by atoms with Gasteiger partial charge in [0, 0.05) is 22.2 Å². The molecular weight excluding hydrogens is 137 g/mol. The van der Waals surface area contributed by atoms with E-state index in [0.717, 1.165) is 12.1 Å². The normalized spacial score (nSPS) is 9.30. The zero-order valence-corrected chi connectivity index (χ0v) is 4.97. The van der Waals surface area contributed by atoms with Gasteiger partial charge in [-0.1, -0.05) is 0 Å². The van der Waals surface area contributed by atoms with Gasteiger partial charge in [-0.15, -0.1) is 0 Å². The Kier molecular flexibility index (Phi) is 1.62. The Hall–Kier alpha value is -1.45. The Morgan fingerprint density at radius 2 is 2.20 bits per heavy atom. The van der Waals surface area contributed by atoms with Crippen LogP contribution in [0.3, 0.4) is 0 Å². The van der Waals surface area contributed by atoms with Crippen molar-refractivity contribution in [2.75, 3.05) is 0 Å². The first kappa shape index (κ1) is 6.67. The van der Waals surface area contributed by atoms with Crippen molar-refractivity contribution in [1.29, 1.82) is 0 Å². The summed E-state index contributed by atoms with van der Waals surface area (Å²) in [6.07, 6.45) is 0. The second kappa shape index (κ2) is 2.43. The Labute approximate surface area is 56.1 Å². The Bertz CT molecular complexity index is 262. The fourth-order valence-electron chi connectivity index (χ4n) is 0.587. The summed E-state index contributed by atoms with van der Waals surface area (Å²) < 4.78 is 12.4. The molecule has 0 bridgehead atoms. The van der Waals surface area contributed by atoms with Crippen molar-refractivity contribution in [3.63, 3.8) is 0 Å². The van der Waals surface area contributed by atoms with Crippen molar-refractivity contribution in [2.45, 2.75) is 0 Å². The zero-order chi connectivity index (χ0) is 7.56. The standard InChI is InChI=1S/C6H4FNO2/c7-5-3-4(9)1-2-6(5)8-10/h1-3,9H/p+1. The Balaban J connectivity index is 3.19. The van der Waals surface area contributed by atoms with E-state index in [9.17, 15) is 9.30 Å². The lowest BCUT2D eigenvalue weighted by atomic mass is 10.3. The van der Waals surface area contributed by atoms with Gasteiger partial charge in [-0.05, 0) is 6.07 Å². The van der Waals surface area contributed by atoms with Crippen molar-refractivity contribution in [2.24, 2.45) is 0 Å². The maximum Gasteiger partial charge on any atom is 0.289 e. The lowest BCUT2D eigenvalue weighted by Crippen LogP contribution is -2.56. The fraction of sp³-hybridized carbons (Fsp3) is 0. The molecule has 0 aromatic heterocycles. The quantitative estimate of drug-likeness (QED) is 0.542. The molecule has 0 aliphatic heterocycles. The highest BCUT2D eigenvalue weighted by Gasteiger charge is 2.07. The molecule has 0 atom stereocenters. The molecular formula is C6H5FNO2+. The minimum absolute atomic E-state index is 0.169. The van der Waals surface area contributed by atoms with Crippen LogP contribution >= 0.6 is 0 Å². The van der Waals surface area contributed by atoms with Crippen LogP contribution in [0.1, 0.15) is 0 Å². The summed E-state index contributed by atoms with van der Waals surface area (Å²) in [4.78, 5) is 9.89. The van der Waals surface area contributed by atoms with Crippen LogP contribution in [0, 0.1) is 10.7 Å². The van der Waals surface area contributed by atoms with E-state index in [0.29, 0.717) is 0 Å². The topological polar surface area (TPSA) is 51.3 Å². The third-order valence-electron chi connectivity index (χ3n) is 1.06. The predicted octanol–water partition coefficient (Wildman–Crippen LogP) is 0.00980. The van der Waals surface area contributed by atoms with Gasteiger partial charge in [0.25, 0.3) is 5.69 Å². The molecule has 0 saturated heterocycles. The van der Waals surface area contributed by atoms with Crippen LogP contribution in [0.25, 0.3) is 0 Å². The predicted molar refractivity (Wildman–Crippen MR) is 32.1 cm³/mol. The number of rotatable bonds is 1. The van der Waals surface area contributed by atoms with Crippen LogP contribution in [0.4, 0.5) is 10.1 Å². The average Bonchev–Trinajstić information content (AvgIpc) is 1.88. The van der Waals surface area contributed by atoms with Crippen molar-refractivity contribution in [3.8, 4) is 5.75 Å². The molecule has 0 unspecified atom stereocenters. The van der Waals surface area contributed by atoms with Gasteiger partial charge in [-0.2, -0.15) is 4.39 Å². The van der Waals surface area contributed by atoms with Gasteiger partial charge >= 0.3 is 0 Å². The van der Waals surface area contributed by atoms with Gasteiger partial charge < -0.3 is 5.11 Å². The molecule has 10 heavy (non-hydrogen) atoms. The number of phenolic OH excluding ortho intramolecular Hbond substituents is 1. The number of aromatic hydroxyl groups is 1. The maximum atomic E-state index is 12.4. The van der Waals surface area contributed by atoms with Gasteiger partial charge in [0.2, 0.25) is 5.82 Å². The smallest absolute Gasteiger partial charge is 0.289 e. The molecule has 0 saturated carbocycles.